The van der Waals surface area contributed by atoms with E-state index in [1.165, 1.54) is 5.57 Å². The van der Waals surface area contributed by atoms with Crippen molar-refractivity contribution in [1.29, 1.82) is 0 Å². The normalized spacial score (nSPS) is 24.3. The summed E-state index contributed by atoms with van der Waals surface area (Å²) in [5.41, 5.74) is 2.87. The largest absolute Gasteiger partial charge is 0.336 e. The molecule has 3 rings (SSSR count). The van der Waals surface area contributed by atoms with Crippen LogP contribution in [0.15, 0.2) is 35.9 Å². The highest BCUT2D eigenvalue weighted by Crippen LogP contribution is 2.59. The van der Waals surface area contributed by atoms with Crippen molar-refractivity contribution < 1.29 is 9.59 Å². The number of benzene rings is 1. The second-order valence-corrected chi connectivity index (χ2v) is 7.49. The van der Waals surface area contributed by atoms with E-state index in [0.717, 1.165) is 11.4 Å². The van der Waals surface area contributed by atoms with Gasteiger partial charge in [0.15, 0.2) is 0 Å². The molecule has 1 heterocycles. The van der Waals surface area contributed by atoms with Gasteiger partial charge in [0.2, 0.25) is 5.91 Å². The van der Waals surface area contributed by atoms with Gasteiger partial charge in [-0.25, -0.2) is 4.79 Å². The molecule has 128 valence electrons. The lowest BCUT2D eigenvalue weighted by molar-refractivity contribution is -0.118. The quantitative estimate of drug-likeness (QED) is 0.833. The van der Waals surface area contributed by atoms with Crippen molar-refractivity contribution in [2.24, 2.45) is 17.3 Å². The molecule has 5 heteroatoms. The Morgan fingerprint density at radius 1 is 1.29 bits per heavy atom. The smallest absolute Gasteiger partial charge is 0.321 e. The highest BCUT2D eigenvalue weighted by Gasteiger charge is 2.60. The number of rotatable bonds is 4. The van der Waals surface area contributed by atoms with Gasteiger partial charge in [-0.05, 0) is 49.4 Å². The lowest BCUT2D eigenvalue weighted by Crippen LogP contribution is -2.27. The van der Waals surface area contributed by atoms with E-state index in [0.29, 0.717) is 19.0 Å². The van der Waals surface area contributed by atoms with Crippen LogP contribution >= 0.6 is 0 Å². The van der Waals surface area contributed by atoms with Gasteiger partial charge in [0.05, 0.1) is 5.92 Å². The zero-order valence-electron chi connectivity index (χ0n) is 14.7. The van der Waals surface area contributed by atoms with E-state index in [1.807, 2.05) is 24.3 Å². The van der Waals surface area contributed by atoms with Crippen LogP contribution in [-0.2, 0) is 4.79 Å². The number of allylic oxidation sites excluding steroid dienone is 2. The summed E-state index contributed by atoms with van der Waals surface area (Å²) in [5, 5.41) is 5.78. The molecule has 2 N–H and O–H groups in total. The molecule has 1 aliphatic heterocycles. The molecule has 2 atom stereocenters. The molecular weight excluding hydrogens is 302 g/mol. The molecule has 1 saturated heterocycles. The summed E-state index contributed by atoms with van der Waals surface area (Å²) in [7, 11) is 0. The van der Waals surface area contributed by atoms with Crippen molar-refractivity contribution in [3.63, 3.8) is 0 Å². The number of amides is 3. The highest BCUT2D eigenvalue weighted by atomic mass is 16.2. The highest BCUT2D eigenvalue weighted by molar-refractivity contribution is 5.97. The minimum Gasteiger partial charge on any atom is -0.336 e. The first kappa shape index (κ1) is 16.6. The van der Waals surface area contributed by atoms with Crippen molar-refractivity contribution in [1.82, 2.24) is 5.32 Å². The number of urea groups is 1. The summed E-state index contributed by atoms with van der Waals surface area (Å²) in [6.45, 7) is 9.74. The maximum atomic E-state index is 12.6. The number of hydrogen-bond donors (Lipinski definition) is 2. The molecule has 2 fully saturated rings. The van der Waals surface area contributed by atoms with Crippen LogP contribution in [0, 0.1) is 17.3 Å². The zero-order valence-corrected chi connectivity index (χ0v) is 14.7. The minimum absolute atomic E-state index is 0.00886. The lowest BCUT2D eigenvalue weighted by atomic mass is 10.1. The molecule has 1 saturated carbocycles. The summed E-state index contributed by atoms with van der Waals surface area (Å²) in [6.07, 6.45) is 2.19. The molecule has 0 radical (unpaired) electrons. The SMILES string of the molecule is CC(C)=C[C@@H]1[C@@H](C(=O)Nc2ccc(N3CCNC3=O)cc2)C1(C)C. The summed E-state index contributed by atoms with van der Waals surface area (Å²) in [5.74, 6) is 0.376. The molecule has 1 aliphatic carbocycles. The Morgan fingerprint density at radius 3 is 2.50 bits per heavy atom. The molecule has 3 amide bonds. The first-order valence-electron chi connectivity index (χ1n) is 8.42. The average molecular weight is 327 g/mol. The number of anilines is 2. The Labute approximate surface area is 143 Å². The van der Waals surface area contributed by atoms with Gasteiger partial charge < -0.3 is 10.6 Å². The summed E-state index contributed by atoms with van der Waals surface area (Å²) < 4.78 is 0. The van der Waals surface area contributed by atoms with Crippen molar-refractivity contribution in [2.75, 3.05) is 23.3 Å². The predicted molar refractivity (Wildman–Crippen MR) is 96.0 cm³/mol. The number of hydrogen-bond acceptors (Lipinski definition) is 2. The van der Waals surface area contributed by atoms with Crippen LogP contribution in [0.25, 0.3) is 0 Å². The monoisotopic (exact) mass is 327 g/mol. The van der Waals surface area contributed by atoms with Crippen molar-refractivity contribution in [3.05, 3.63) is 35.9 Å². The van der Waals surface area contributed by atoms with Gasteiger partial charge in [-0.15, -0.1) is 0 Å². The van der Waals surface area contributed by atoms with Gasteiger partial charge in [0.1, 0.15) is 0 Å². The second-order valence-electron chi connectivity index (χ2n) is 7.49. The Bertz CT molecular complexity index is 687. The Kier molecular flexibility index (Phi) is 4.11. The molecule has 5 nitrogen and oxygen atoms in total. The van der Waals surface area contributed by atoms with Crippen LogP contribution in [0.5, 0.6) is 0 Å². The molecule has 0 aromatic heterocycles. The van der Waals surface area contributed by atoms with Gasteiger partial charge in [0.25, 0.3) is 0 Å². The van der Waals surface area contributed by atoms with Gasteiger partial charge in [-0.1, -0.05) is 25.5 Å². The van der Waals surface area contributed by atoms with Crippen LogP contribution in [0.4, 0.5) is 16.2 Å². The third-order valence-corrected chi connectivity index (χ3v) is 5.01. The number of carbonyl (C=O) groups is 2. The van der Waals surface area contributed by atoms with Crippen LogP contribution in [0.2, 0.25) is 0 Å². The standard InChI is InChI=1S/C19H25N3O2/c1-12(2)11-15-16(19(15,3)4)17(23)21-13-5-7-14(8-6-13)22-10-9-20-18(22)24/h5-8,11,15-16H,9-10H2,1-4H3,(H,20,24)(H,21,23)/t15-,16+/m1/s1. The van der Waals surface area contributed by atoms with Crippen molar-refractivity contribution in [2.45, 2.75) is 27.7 Å². The van der Waals surface area contributed by atoms with E-state index in [2.05, 4.69) is 44.4 Å². The van der Waals surface area contributed by atoms with Crippen LogP contribution in [0.3, 0.4) is 0 Å². The topological polar surface area (TPSA) is 61.4 Å². The van der Waals surface area contributed by atoms with E-state index < -0.39 is 0 Å². The van der Waals surface area contributed by atoms with Crippen LogP contribution < -0.4 is 15.5 Å². The molecular formula is C19H25N3O2. The van der Waals surface area contributed by atoms with E-state index in [4.69, 9.17) is 0 Å². The Balaban J connectivity index is 1.65. The van der Waals surface area contributed by atoms with Crippen LogP contribution in [-0.4, -0.2) is 25.0 Å². The van der Waals surface area contributed by atoms with E-state index >= 15 is 0 Å². The maximum Gasteiger partial charge on any atom is 0.321 e. The second kappa shape index (κ2) is 5.96. The molecule has 0 unspecified atom stereocenters. The average Bonchev–Trinajstić information content (AvgIpc) is 2.82. The van der Waals surface area contributed by atoms with Gasteiger partial charge in [-0.3, -0.25) is 9.69 Å². The zero-order chi connectivity index (χ0) is 17.5. The Morgan fingerprint density at radius 2 is 1.96 bits per heavy atom. The van der Waals surface area contributed by atoms with Gasteiger partial charge in [-0.2, -0.15) is 0 Å². The summed E-state index contributed by atoms with van der Waals surface area (Å²) >= 11 is 0. The third kappa shape index (κ3) is 3.03. The first-order valence-corrected chi connectivity index (χ1v) is 8.42. The van der Waals surface area contributed by atoms with Crippen LogP contribution in [0.1, 0.15) is 27.7 Å². The number of nitrogens with one attached hydrogen (secondary N) is 2. The third-order valence-electron chi connectivity index (χ3n) is 5.01. The summed E-state index contributed by atoms with van der Waals surface area (Å²) in [4.78, 5) is 25.9. The lowest BCUT2D eigenvalue weighted by Gasteiger charge is -2.14. The van der Waals surface area contributed by atoms with Gasteiger partial charge in [0, 0.05) is 24.5 Å². The van der Waals surface area contributed by atoms with Crippen molar-refractivity contribution in [3.8, 4) is 0 Å². The van der Waals surface area contributed by atoms with E-state index in [-0.39, 0.29) is 23.3 Å². The molecule has 0 bridgehead atoms. The first-order chi connectivity index (χ1) is 11.3. The number of carbonyl (C=O) groups excluding carboxylic acids is 2. The molecule has 24 heavy (non-hydrogen) atoms. The fraction of sp³-hybridized carbons (Fsp3) is 0.474. The van der Waals surface area contributed by atoms with E-state index in [9.17, 15) is 9.59 Å². The molecule has 2 aliphatic rings. The molecule has 1 aromatic rings. The minimum atomic E-state index is -0.0731. The molecule has 0 spiro atoms. The number of nitrogens with zero attached hydrogens (tertiary/aromatic N) is 1. The maximum absolute atomic E-state index is 12.6. The fourth-order valence-corrected chi connectivity index (χ4v) is 3.51. The van der Waals surface area contributed by atoms with E-state index in [1.54, 1.807) is 4.90 Å². The molecule has 1 aromatic carbocycles. The fourth-order valence-electron chi connectivity index (χ4n) is 3.51. The van der Waals surface area contributed by atoms with Crippen molar-refractivity contribution >= 4 is 23.3 Å². The predicted octanol–water partition coefficient (Wildman–Crippen LogP) is 3.39. The summed E-state index contributed by atoms with van der Waals surface area (Å²) in [6, 6.07) is 7.36. The van der Waals surface area contributed by atoms with Gasteiger partial charge >= 0.3 is 6.03 Å². The Hall–Kier alpha value is -2.30.